The number of carbonyl (C=O) groups is 2. The highest BCUT2D eigenvalue weighted by Gasteiger charge is 2.29. The summed E-state index contributed by atoms with van der Waals surface area (Å²) in [5, 5.41) is 1.99. The SMILES string of the molecule is CCOC(=O)C1CCCN(C(=O)CCSc2ncnc3sc(C)cc23)C1. The molecule has 8 heteroatoms. The van der Waals surface area contributed by atoms with Crippen LogP contribution in [0.15, 0.2) is 17.4 Å². The Balaban J connectivity index is 1.52. The number of amides is 1. The molecule has 6 nitrogen and oxygen atoms in total. The first-order valence-electron chi connectivity index (χ1n) is 8.86. The largest absolute Gasteiger partial charge is 0.466 e. The van der Waals surface area contributed by atoms with Gasteiger partial charge in [-0.15, -0.1) is 23.1 Å². The summed E-state index contributed by atoms with van der Waals surface area (Å²) in [7, 11) is 0. The van der Waals surface area contributed by atoms with Gasteiger partial charge in [-0.3, -0.25) is 9.59 Å². The van der Waals surface area contributed by atoms with Gasteiger partial charge in [0.05, 0.1) is 12.5 Å². The molecule has 140 valence electrons. The molecule has 1 unspecified atom stereocenters. The number of esters is 1. The Morgan fingerprint density at radius 1 is 1.42 bits per heavy atom. The first kappa shape index (κ1) is 19.1. The number of fused-ring (bicyclic) bond motifs is 1. The van der Waals surface area contributed by atoms with Gasteiger partial charge < -0.3 is 9.64 Å². The average Bonchev–Trinajstić information content (AvgIpc) is 3.03. The second-order valence-electron chi connectivity index (χ2n) is 6.28. The molecule has 0 N–H and O–H groups in total. The van der Waals surface area contributed by atoms with E-state index in [-0.39, 0.29) is 17.8 Å². The molecule has 2 aromatic rings. The third-order valence-electron chi connectivity index (χ3n) is 4.36. The molecule has 1 fully saturated rings. The van der Waals surface area contributed by atoms with Crippen LogP contribution in [0.5, 0.6) is 0 Å². The number of thiophene rings is 1. The summed E-state index contributed by atoms with van der Waals surface area (Å²) in [4.78, 5) is 37.1. The number of hydrogen-bond acceptors (Lipinski definition) is 7. The van der Waals surface area contributed by atoms with Gasteiger partial charge in [-0.2, -0.15) is 0 Å². The van der Waals surface area contributed by atoms with Crippen molar-refractivity contribution >= 4 is 45.2 Å². The summed E-state index contributed by atoms with van der Waals surface area (Å²) in [6.45, 7) is 5.45. The first-order chi connectivity index (χ1) is 12.6. The third-order valence-corrected chi connectivity index (χ3v) is 6.33. The lowest BCUT2D eigenvalue weighted by Gasteiger charge is -2.31. The molecule has 0 spiro atoms. The minimum atomic E-state index is -0.185. The number of ether oxygens (including phenoxy) is 1. The van der Waals surface area contributed by atoms with E-state index in [1.54, 1.807) is 41.2 Å². The summed E-state index contributed by atoms with van der Waals surface area (Å²) >= 11 is 3.24. The summed E-state index contributed by atoms with van der Waals surface area (Å²) in [5.74, 6) is 0.393. The Labute approximate surface area is 161 Å². The molecule has 0 bridgehead atoms. The number of piperidine rings is 1. The van der Waals surface area contributed by atoms with E-state index < -0.39 is 0 Å². The zero-order valence-corrected chi connectivity index (χ0v) is 16.7. The second-order valence-corrected chi connectivity index (χ2v) is 8.60. The van der Waals surface area contributed by atoms with Crippen molar-refractivity contribution in [3.05, 3.63) is 17.3 Å². The zero-order chi connectivity index (χ0) is 18.5. The van der Waals surface area contributed by atoms with Crippen molar-refractivity contribution in [3.8, 4) is 0 Å². The molecule has 1 amide bonds. The van der Waals surface area contributed by atoms with E-state index >= 15 is 0 Å². The number of aromatic nitrogens is 2. The number of carbonyl (C=O) groups excluding carboxylic acids is 2. The fourth-order valence-corrected chi connectivity index (χ4v) is 4.93. The van der Waals surface area contributed by atoms with Crippen molar-refractivity contribution in [2.45, 2.75) is 38.1 Å². The van der Waals surface area contributed by atoms with Gasteiger partial charge >= 0.3 is 5.97 Å². The summed E-state index contributed by atoms with van der Waals surface area (Å²) < 4.78 is 5.10. The van der Waals surface area contributed by atoms with Gasteiger partial charge in [0.1, 0.15) is 16.2 Å². The van der Waals surface area contributed by atoms with Gasteiger partial charge in [0.15, 0.2) is 0 Å². The topological polar surface area (TPSA) is 72.4 Å². The molecule has 2 aromatic heterocycles. The van der Waals surface area contributed by atoms with Crippen LogP contribution in [0.3, 0.4) is 0 Å². The Kier molecular flexibility index (Phi) is 6.48. The Morgan fingerprint density at radius 2 is 2.27 bits per heavy atom. The van der Waals surface area contributed by atoms with Crippen molar-refractivity contribution < 1.29 is 14.3 Å². The molecule has 0 saturated carbocycles. The molecule has 0 aromatic carbocycles. The van der Waals surface area contributed by atoms with Crippen molar-refractivity contribution in [1.29, 1.82) is 0 Å². The normalized spacial score (nSPS) is 17.5. The molecule has 1 saturated heterocycles. The lowest BCUT2D eigenvalue weighted by atomic mass is 9.98. The first-order valence-corrected chi connectivity index (χ1v) is 10.7. The Bertz CT molecular complexity index is 793. The Morgan fingerprint density at radius 3 is 3.08 bits per heavy atom. The van der Waals surface area contributed by atoms with Crippen LogP contribution in [0.4, 0.5) is 0 Å². The molecule has 3 heterocycles. The van der Waals surface area contributed by atoms with Crippen LogP contribution in [-0.2, 0) is 14.3 Å². The highest BCUT2D eigenvalue weighted by Crippen LogP contribution is 2.30. The highest BCUT2D eigenvalue weighted by molar-refractivity contribution is 7.99. The predicted octanol–water partition coefficient (Wildman–Crippen LogP) is 3.28. The van der Waals surface area contributed by atoms with Gasteiger partial charge in [-0.05, 0) is 32.8 Å². The number of thioether (sulfide) groups is 1. The minimum absolute atomic E-state index is 0.0956. The number of hydrogen-bond donors (Lipinski definition) is 0. The van der Waals surface area contributed by atoms with Crippen molar-refractivity contribution in [2.75, 3.05) is 25.4 Å². The van der Waals surface area contributed by atoms with Crippen LogP contribution < -0.4 is 0 Å². The summed E-state index contributed by atoms with van der Waals surface area (Å²) in [6, 6.07) is 2.10. The fraction of sp³-hybridized carbons (Fsp3) is 0.556. The maximum atomic E-state index is 12.5. The molecule has 1 atom stereocenters. The molecule has 1 aliphatic rings. The van der Waals surface area contributed by atoms with Crippen LogP contribution in [0.2, 0.25) is 0 Å². The van der Waals surface area contributed by atoms with Gasteiger partial charge in [0.25, 0.3) is 0 Å². The molecule has 26 heavy (non-hydrogen) atoms. The van der Waals surface area contributed by atoms with E-state index in [9.17, 15) is 9.59 Å². The van der Waals surface area contributed by atoms with Crippen LogP contribution in [0.1, 0.15) is 31.1 Å². The number of rotatable bonds is 6. The standard InChI is InChI=1S/C18H23N3O3S2/c1-3-24-18(23)13-5-4-7-21(10-13)15(22)6-8-25-16-14-9-12(2)26-17(14)20-11-19-16/h9,11,13H,3-8,10H2,1-2H3. The van der Waals surface area contributed by atoms with Gasteiger partial charge in [0, 0.05) is 35.5 Å². The van der Waals surface area contributed by atoms with Crippen molar-refractivity contribution in [1.82, 2.24) is 14.9 Å². The third kappa shape index (κ3) is 4.54. The quantitative estimate of drug-likeness (QED) is 0.426. The van der Waals surface area contributed by atoms with Crippen LogP contribution >= 0.6 is 23.1 Å². The molecular formula is C18H23N3O3S2. The Hall–Kier alpha value is -1.67. The smallest absolute Gasteiger partial charge is 0.310 e. The maximum absolute atomic E-state index is 12.5. The minimum Gasteiger partial charge on any atom is -0.466 e. The predicted molar refractivity (Wildman–Crippen MR) is 103 cm³/mol. The number of likely N-dealkylation sites (tertiary alicyclic amines) is 1. The lowest BCUT2D eigenvalue weighted by molar-refractivity contribution is -0.151. The second kappa shape index (κ2) is 8.81. The average molecular weight is 394 g/mol. The molecule has 1 aliphatic heterocycles. The van der Waals surface area contributed by atoms with E-state index in [0.717, 1.165) is 34.6 Å². The summed E-state index contributed by atoms with van der Waals surface area (Å²) in [5.41, 5.74) is 0. The van der Waals surface area contributed by atoms with Gasteiger partial charge in [-0.1, -0.05) is 0 Å². The van der Waals surface area contributed by atoms with Crippen LogP contribution in [0.25, 0.3) is 10.2 Å². The highest BCUT2D eigenvalue weighted by atomic mass is 32.2. The van der Waals surface area contributed by atoms with E-state index in [2.05, 4.69) is 23.0 Å². The van der Waals surface area contributed by atoms with E-state index in [0.29, 0.717) is 25.3 Å². The lowest BCUT2D eigenvalue weighted by Crippen LogP contribution is -2.42. The number of nitrogens with zero attached hydrogens (tertiary/aromatic N) is 3. The van der Waals surface area contributed by atoms with Crippen molar-refractivity contribution in [2.24, 2.45) is 5.92 Å². The molecule has 0 aliphatic carbocycles. The maximum Gasteiger partial charge on any atom is 0.310 e. The van der Waals surface area contributed by atoms with Crippen LogP contribution in [0, 0.1) is 12.8 Å². The molecule has 3 rings (SSSR count). The van der Waals surface area contributed by atoms with E-state index in [4.69, 9.17) is 4.74 Å². The fourth-order valence-electron chi connectivity index (χ4n) is 3.12. The summed E-state index contributed by atoms with van der Waals surface area (Å²) in [6.07, 6.45) is 3.67. The monoisotopic (exact) mass is 393 g/mol. The van der Waals surface area contributed by atoms with Gasteiger partial charge in [-0.25, -0.2) is 9.97 Å². The van der Waals surface area contributed by atoms with Gasteiger partial charge in [0.2, 0.25) is 5.91 Å². The molecule has 0 radical (unpaired) electrons. The number of aryl methyl sites for hydroxylation is 1. The molecular weight excluding hydrogens is 370 g/mol. The van der Waals surface area contributed by atoms with E-state index in [1.165, 1.54) is 4.88 Å². The van der Waals surface area contributed by atoms with Crippen LogP contribution in [-0.4, -0.2) is 52.2 Å². The van der Waals surface area contributed by atoms with E-state index in [1.807, 2.05) is 0 Å². The zero-order valence-electron chi connectivity index (χ0n) is 15.1. The van der Waals surface area contributed by atoms with Crippen molar-refractivity contribution in [3.63, 3.8) is 0 Å².